The van der Waals surface area contributed by atoms with Crippen LogP contribution in [0.2, 0.25) is 5.15 Å². The van der Waals surface area contributed by atoms with E-state index >= 15 is 0 Å². The molecule has 26 heavy (non-hydrogen) atoms. The third kappa shape index (κ3) is 3.71. The molecule has 1 aromatic heterocycles. The van der Waals surface area contributed by atoms with Crippen LogP contribution in [0, 0.1) is 3.57 Å². The van der Waals surface area contributed by atoms with Gasteiger partial charge in [0.05, 0.1) is 17.1 Å². The van der Waals surface area contributed by atoms with Gasteiger partial charge in [0.1, 0.15) is 5.15 Å². The van der Waals surface area contributed by atoms with Gasteiger partial charge in [-0.15, -0.1) is 0 Å². The zero-order valence-electron chi connectivity index (χ0n) is 14.9. The van der Waals surface area contributed by atoms with Gasteiger partial charge in [-0.3, -0.25) is 4.79 Å². The van der Waals surface area contributed by atoms with Gasteiger partial charge < -0.3 is 4.90 Å². The molecule has 0 N–H and O–H groups in total. The Hall–Kier alpha value is -1.66. The molecule has 0 bridgehead atoms. The maximum absolute atomic E-state index is 13.4. The van der Waals surface area contributed by atoms with E-state index in [4.69, 9.17) is 11.6 Å². The number of nitrogens with zero attached hydrogens (tertiary/aromatic N) is 2. The number of hydrogen-bond donors (Lipinski definition) is 0. The molecule has 1 heterocycles. The second-order valence-electron chi connectivity index (χ2n) is 6.52. The third-order valence-corrected chi connectivity index (χ3v) is 5.74. The molecule has 0 unspecified atom stereocenters. The summed E-state index contributed by atoms with van der Waals surface area (Å²) in [5.74, 6) is -0.101. The molecule has 134 valence electrons. The predicted molar refractivity (Wildman–Crippen MR) is 116 cm³/mol. The largest absolute Gasteiger partial charge is 0.329 e. The Balaban J connectivity index is 2.05. The first-order valence-electron chi connectivity index (χ1n) is 8.52. The maximum Gasteiger partial charge on any atom is 0.257 e. The summed E-state index contributed by atoms with van der Waals surface area (Å²) in [4.78, 5) is 19.7. The summed E-state index contributed by atoms with van der Waals surface area (Å²) in [5.41, 5.74) is 2.35. The number of amides is 1. The Morgan fingerprint density at radius 2 is 1.73 bits per heavy atom. The lowest BCUT2D eigenvalue weighted by molar-refractivity contribution is 0.0623. The highest BCUT2D eigenvalue weighted by molar-refractivity contribution is 14.1. The van der Waals surface area contributed by atoms with E-state index in [0.29, 0.717) is 5.56 Å². The van der Waals surface area contributed by atoms with Crippen molar-refractivity contribution in [2.24, 2.45) is 0 Å². The van der Waals surface area contributed by atoms with Crippen LogP contribution >= 0.6 is 34.2 Å². The van der Waals surface area contributed by atoms with Gasteiger partial charge in [0.15, 0.2) is 0 Å². The van der Waals surface area contributed by atoms with Gasteiger partial charge in [-0.25, -0.2) is 4.98 Å². The number of para-hydroxylation sites is 1. The van der Waals surface area contributed by atoms with Gasteiger partial charge in [0, 0.05) is 15.0 Å². The molecule has 0 spiro atoms. The highest BCUT2D eigenvalue weighted by Crippen LogP contribution is 2.30. The number of pyridine rings is 1. The monoisotopic (exact) mass is 478 g/mol. The molecule has 0 saturated heterocycles. The number of aromatic nitrogens is 1. The molecule has 0 aliphatic heterocycles. The molecule has 1 atom stereocenters. The first-order valence-corrected chi connectivity index (χ1v) is 9.98. The normalized spacial score (nSPS) is 12.4. The van der Waals surface area contributed by atoms with Gasteiger partial charge in [0.2, 0.25) is 0 Å². The number of halogens is 2. The van der Waals surface area contributed by atoms with E-state index in [1.807, 2.05) is 61.2 Å². The quantitative estimate of drug-likeness (QED) is 0.335. The predicted octanol–water partition coefficient (Wildman–Crippen LogP) is 6.10. The first kappa shape index (κ1) is 19.1. The number of benzene rings is 2. The number of carbonyl (C=O) groups excluding carboxylic acids is 1. The highest BCUT2D eigenvalue weighted by atomic mass is 127. The molecule has 0 radical (unpaired) electrons. The van der Waals surface area contributed by atoms with Gasteiger partial charge in [-0.2, -0.15) is 0 Å². The zero-order chi connectivity index (χ0) is 18.8. The topological polar surface area (TPSA) is 33.2 Å². The lowest BCUT2D eigenvalue weighted by atomic mass is 10.0. The van der Waals surface area contributed by atoms with Gasteiger partial charge in [0.25, 0.3) is 5.91 Å². The summed E-state index contributed by atoms with van der Waals surface area (Å²) >= 11 is 8.68. The van der Waals surface area contributed by atoms with Crippen molar-refractivity contribution >= 4 is 51.0 Å². The summed E-state index contributed by atoms with van der Waals surface area (Å²) in [6, 6.07) is 17.6. The number of rotatable bonds is 4. The van der Waals surface area contributed by atoms with Crippen molar-refractivity contribution in [1.29, 1.82) is 0 Å². The number of fused-ring (bicyclic) bond motifs is 1. The van der Waals surface area contributed by atoms with Crippen LogP contribution in [0.5, 0.6) is 0 Å². The summed E-state index contributed by atoms with van der Waals surface area (Å²) in [6.45, 7) is 6.09. The van der Waals surface area contributed by atoms with Gasteiger partial charge in [-0.1, -0.05) is 48.0 Å². The van der Waals surface area contributed by atoms with Crippen molar-refractivity contribution in [3.8, 4) is 0 Å². The molecular weight excluding hydrogens is 459 g/mol. The minimum absolute atomic E-state index is 0.0241. The second-order valence-corrected chi connectivity index (χ2v) is 8.04. The Morgan fingerprint density at radius 1 is 1.08 bits per heavy atom. The molecule has 3 rings (SSSR count). The van der Waals surface area contributed by atoms with Crippen LogP contribution < -0.4 is 0 Å². The van der Waals surface area contributed by atoms with Crippen LogP contribution in [0.4, 0.5) is 0 Å². The van der Waals surface area contributed by atoms with E-state index in [-0.39, 0.29) is 23.1 Å². The lowest BCUT2D eigenvalue weighted by Gasteiger charge is -2.34. The van der Waals surface area contributed by atoms with Crippen LogP contribution in [0.25, 0.3) is 10.9 Å². The summed E-state index contributed by atoms with van der Waals surface area (Å²) in [7, 11) is 0. The fourth-order valence-corrected chi connectivity index (χ4v) is 4.27. The van der Waals surface area contributed by atoms with E-state index in [1.165, 1.54) is 0 Å². The second kappa shape index (κ2) is 7.92. The minimum Gasteiger partial charge on any atom is -0.329 e. The minimum atomic E-state index is -0.101. The Bertz CT molecular complexity index is 958. The Morgan fingerprint density at radius 3 is 2.42 bits per heavy atom. The maximum atomic E-state index is 13.4. The van der Waals surface area contributed by atoms with Crippen LogP contribution in [-0.2, 0) is 0 Å². The standard InChI is InChI=1S/C21H20ClIN2O/c1-13(2)25(14(3)16-9-5-6-10-18(16)23)21(26)17-12-15-8-4-7-11-19(15)24-20(17)22/h4-14H,1-3H3/t14-/m0/s1. The molecule has 5 heteroatoms. The van der Waals surface area contributed by atoms with Crippen molar-refractivity contribution in [2.75, 3.05) is 0 Å². The lowest BCUT2D eigenvalue weighted by Crippen LogP contribution is -2.39. The zero-order valence-corrected chi connectivity index (χ0v) is 17.8. The molecule has 0 saturated carbocycles. The van der Waals surface area contributed by atoms with Crippen LogP contribution in [-0.4, -0.2) is 21.8 Å². The SMILES string of the molecule is CC(C)N(C(=O)c1cc2ccccc2nc1Cl)[C@@H](C)c1ccccc1I. The smallest absolute Gasteiger partial charge is 0.257 e. The molecule has 0 aliphatic carbocycles. The molecular formula is C21H20ClIN2O. The third-order valence-electron chi connectivity index (χ3n) is 4.47. The average Bonchev–Trinajstić information content (AvgIpc) is 2.61. The van der Waals surface area contributed by atoms with Gasteiger partial charge in [-0.05, 0) is 67.1 Å². The summed E-state index contributed by atoms with van der Waals surface area (Å²) in [6.07, 6.45) is 0. The number of hydrogen-bond acceptors (Lipinski definition) is 2. The summed E-state index contributed by atoms with van der Waals surface area (Å²) < 4.78 is 1.14. The first-order chi connectivity index (χ1) is 12.4. The van der Waals surface area contributed by atoms with Crippen molar-refractivity contribution in [1.82, 2.24) is 9.88 Å². The van der Waals surface area contributed by atoms with E-state index in [1.54, 1.807) is 0 Å². The van der Waals surface area contributed by atoms with Crippen LogP contribution in [0.1, 0.15) is 42.7 Å². The Kier molecular flexibility index (Phi) is 5.82. The molecule has 3 nitrogen and oxygen atoms in total. The Labute approximate surface area is 172 Å². The molecule has 2 aromatic carbocycles. The van der Waals surface area contributed by atoms with E-state index < -0.39 is 0 Å². The molecule has 0 fully saturated rings. The fourth-order valence-electron chi connectivity index (χ4n) is 3.20. The molecule has 0 aliphatic rings. The van der Waals surface area contributed by atoms with E-state index in [2.05, 4.69) is 46.6 Å². The molecule has 1 amide bonds. The fraction of sp³-hybridized carbons (Fsp3) is 0.238. The van der Waals surface area contributed by atoms with Crippen LogP contribution in [0.15, 0.2) is 54.6 Å². The van der Waals surface area contributed by atoms with Crippen molar-refractivity contribution in [3.05, 3.63) is 74.4 Å². The number of carbonyl (C=O) groups is 1. The van der Waals surface area contributed by atoms with E-state index in [0.717, 1.165) is 20.0 Å². The van der Waals surface area contributed by atoms with Crippen molar-refractivity contribution in [2.45, 2.75) is 32.9 Å². The highest BCUT2D eigenvalue weighted by Gasteiger charge is 2.28. The van der Waals surface area contributed by atoms with Gasteiger partial charge >= 0.3 is 0 Å². The summed E-state index contributed by atoms with van der Waals surface area (Å²) in [5, 5.41) is 1.15. The van der Waals surface area contributed by atoms with E-state index in [9.17, 15) is 4.79 Å². The van der Waals surface area contributed by atoms with Crippen LogP contribution in [0.3, 0.4) is 0 Å². The van der Waals surface area contributed by atoms with Crippen molar-refractivity contribution < 1.29 is 4.79 Å². The molecule has 3 aromatic rings. The van der Waals surface area contributed by atoms with Crippen molar-refractivity contribution in [3.63, 3.8) is 0 Å². The average molecular weight is 479 g/mol.